The third-order valence-electron chi connectivity index (χ3n) is 6.18. The summed E-state index contributed by atoms with van der Waals surface area (Å²) in [4.78, 5) is 41.0. The van der Waals surface area contributed by atoms with Crippen molar-refractivity contribution in [3.63, 3.8) is 0 Å². The molecule has 0 radical (unpaired) electrons. The third kappa shape index (κ3) is 5.87. The molecule has 8 nitrogen and oxygen atoms in total. The van der Waals surface area contributed by atoms with E-state index in [4.69, 9.17) is 11.6 Å². The van der Waals surface area contributed by atoms with Crippen LogP contribution >= 0.6 is 27.5 Å². The molecule has 4 rings (SSSR count). The van der Waals surface area contributed by atoms with E-state index in [1.165, 1.54) is 0 Å². The molecular weight excluding hydrogens is 510 g/mol. The van der Waals surface area contributed by atoms with Gasteiger partial charge in [0.05, 0.1) is 11.1 Å². The summed E-state index contributed by atoms with van der Waals surface area (Å²) in [6.07, 6.45) is 4.34. The minimum atomic E-state index is -0.797. The number of hydrogen-bond acceptors (Lipinski definition) is 4. The van der Waals surface area contributed by atoms with Crippen LogP contribution in [0.15, 0.2) is 22.7 Å². The van der Waals surface area contributed by atoms with Crippen molar-refractivity contribution >= 4 is 56.2 Å². The Hall–Kier alpha value is -2.57. The van der Waals surface area contributed by atoms with Gasteiger partial charge in [0.1, 0.15) is 17.8 Å². The maximum absolute atomic E-state index is 13.0. The van der Waals surface area contributed by atoms with Crippen LogP contribution in [0.2, 0.25) is 5.02 Å². The van der Waals surface area contributed by atoms with Crippen molar-refractivity contribution in [1.82, 2.24) is 20.9 Å². The summed E-state index contributed by atoms with van der Waals surface area (Å²) in [7, 11) is 0. The van der Waals surface area contributed by atoms with Crippen molar-refractivity contribution in [3.8, 4) is 6.07 Å². The Morgan fingerprint density at radius 1 is 1.21 bits per heavy atom. The lowest BCUT2D eigenvalue weighted by Crippen LogP contribution is -2.50. The molecule has 1 saturated heterocycles. The maximum atomic E-state index is 13.0. The predicted octanol–water partition coefficient (Wildman–Crippen LogP) is 3.41. The first kappa shape index (κ1) is 23.6. The van der Waals surface area contributed by atoms with Crippen molar-refractivity contribution in [2.24, 2.45) is 11.8 Å². The standard InChI is InChI=1S/C23H25BrClN5O3/c24-14-8-17(25)16-10-20(29-18(16)9-14)23(33)30-19(6-12-3-4-12)22(32)28-15(11-26)7-13-2-1-5-27-21(13)31/h8-10,12-13,15,19,29H,1-7H2,(H,27,31)(H,28,32)(H,30,33). The van der Waals surface area contributed by atoms with Gasteiger partial charge in [-0.3, -0.25) is 14.4 Å². The molecule has 0 bridgehead atoms. The van der Waals surface area contributed by atoms with Gasteiger partial charge in [-0.2, -0.15) is 5.26 Å². The first-order valence-electron chi connectivity index (χ1n) is 11.1. The summed E-state index contributed by atoms with van der Waals surface area (Å²) in [6.45, 7) is 0.643. The number of amides is 3. The Morgan fingerprint density at radius 2 is 2.00 bits per heavy atom. The van der Waals surface area contributed by atoms with Crippen LogP contribution < -0.4 is 16.0 Å². The van der Waals surface area contributed by atoms with E-state index in [1.807, 2.05) is 6.07 Å². The van der Waals surface area contributed by atoms with Gasteiger partial charge in [-0.1, -0.05) is 40.4 Å². The lowest BCUT2D eigenvalue weighted by atomic mass is 9.92. The van der Waals surface area contributed by atoms with Gasteiger partial charge in [0.25, 0.3) is 5.91 Å². The molecule has 1 aromatic carbocycles. The molecule has 1 saturated carbocycles. The highest BCUT2D eigenvalue weighted by atomic mass is 79.9. The molecule has 1 aliphatic carbocycles. The summed E-state index contributed by atoms with van der Waals surface area (Å²) in [6, 6.07) is 5.75. The SMILES string of the molecule is N#CC(CC1CCCNC1=O)NC(=O)C(CC1CC1)NC(=O)c1cc2c(Cl)cc(Br)cc2[nH]1. The molecule has 2 aliphatic rings. The molecule has 0 spiro atoms. The Morgan fingerprint density at radius 3 is 2.70 bits per heavy atom. The summed E-state index contributed by atoms with van der Waals surface area (Å²) in [5, 5.41) is 19.1. The van der Waals surface area contributed by atoms with Crippen LogP contribution in [0.4, 0.5) is 0 Å². The maximum Gasteiger partial charge on any atom is 0.268 e. The first-order chi connectivity index (χ1) is 15.8. The third-order valence-corrected chi connectivity index (χ3v) is 6.95. The molecule has 2 aromatic rings. The second-order valence-corrected chi connectivity index (χ2v) is 10.1. The highest BCUT2D eigenvalue weighted by Crippen LogP contribution is 2.34. The van der Waals surface area contributed by atoms with E-state index in [9.17, 15) is 19.6 Å². The highest BCUT2D eigenvalue weighted by Gasteiger charge is 2.33. The molecule has 2 heterocycles. The molecular formula is C23H25BrClN5O3. The fraction of sp³-hybridized carbons (Fsp3) is 0.478. The smallest absolute Gasteiger partial charge is 0.268 e. The highest BCUT2D eigenvalue weighted by molar-refractivity contribution is 9.10. The number of benzene rings is 1. The van der Waals surface area contributed by atoms with Gasteiger partial charge in [-0.05, 0) is 49.8 Å². The van der Waals surface area contributed by atoms with Gasteiger partial charge in [0.15, 0.2) is 0 Å². The molecule has 10 heteroatoms. The van der Waals surface area contributed by atoms with Crippen molar-refractivity contribution in [3.05, 3.63) is 33.4 Å². The average molecular weight is 535 g/mol. The monoisotopic (exact) mass is 533 g/mol. The quantitative estimate of drug-likeness (QED) is 0.414. The second kappa shape index (κ2) is 10.1. The minimum Gasteiger partial charge on any atom is -0.356 e. The molecule has 3 atom stereocenters. The normalized spacial score (nSPS) is 19.9. The number of nitriles is 1. The van der Waals surface area contributed by atoms with E-state index in [2.05, 4.69) is 42.9 Å². The van der Waals surface area contributed by atoms with Gasteiger partial charge in [0.2, 0.25) is 11.8 Å². The van der Waals surface area contributed by atoms with Crippen LogP contribution in [0.1, 0.15) is 49.0 Å². The Bertz CT molecular complexity index is 1120. The summed E-state index contributed by atoms with van der Waals surface area (Å²) in [5.74, 6) is -0.827. The van der Waals surface area contributed by atoms with Crippen LogP contribution in [0.25, 0.3) is 10.9 Å². The van der Waals surface area contributed by atoms with E-state index in [0.717, 1.165) is 23.7 Å². The average Bonchev–Trinajstić information content (AvgIpc) is 3.49. The van der Waals surface area contributed by atoms with Crippen LogP contribution in [-0.2, 0) is 9.59 Å². The number of aromatic nitrogens is 1. The first-order valence-corrected chi connectivity index (χ1v) is 12.3. The molecule has 3 amide bonds. The van der Waals surface area contributed by atoms with Crippen LogP contribution in [0.5, 0.6) is 0 Å². The molecule has 33 heavy (non-hydrogen) atoms. The van der Waals surface area contributed by atoms with Gasteiger partial charge < -0.3 is 20.9 Å². The van der Waals surface area contributed by atoms with E-state index < -0.39 is 23.9 Å². The number of nitrogens with zero attached hydrogens (tertiary/aromatic N) is 1. The second-order valence-electron chi connectivity index (χ2n) is 8.79. The van der Waals surface area contributed by atoms with Gasteiger partial charge >= 0.3 is 0 Å². The zero-order chi connectivity index (χ0) is 23.5. The van der Waals surface area contributed by atoms with Gasteiger partial charge in [-0.25, -0.2) is 0 Å². The number of rotatable bonds is 8. The summed E-state index contributed by atoms with van der Waals surface area (Å²) >= 11 is 9.65. The van der Waals surface area contributed by atoms with Crippen LogP contribution in [0, 0.1) is 23.2 Å². The summed E-state index contributed by atoms with van der Waals surface area (Å²) in [5.41, 5.74) is 1.01. The van der Waals surface area contributed by atoms with Crippen LogP contribution in [-0.4, -0.2) is 41.3 Å². The zero-order valence-corrected chi connectivity index (χ0v) is 20.3. The molecule has 174 valence electrons. The predicted molar refractivity (Wildman–Crippen MR) is 127 cm³/mol. The number of carbonyl (C=O) groups is 3. The Kier molecular flexibility index (Phi) is 7.25. The van der Waals surface area contributed by atoms with Gasteiger partial charge in [0, 0.05) is 27.8 Å². The van der Waals surface area contributed by atoms with Crippen molar-refractivity contribution in [1.29, 1.82) is 5.26 Å². The zero-order valence-electron chi connectivity index (χ0n) is 17.9. The topological polar surface area (TPSA) is 127 Å². The number of H-pyrrole nitrogens is 1. The number of carbonyl (C=O) groups excluding carboxylic acids is 3. The molecule has 4 N–H and O–H groups in total. The molecule has 2 fully saturated rings. The lowest BCUT2D eigenvalue weighted by molar-refractivity contribution is -0.128. The number of aromatic amines is 1. The molecule has 1 aliphatic heterocycles. The molecule has 3 unspecified atom stereocenters. The van der Waals surface area contributed by atoms with E-state index in [1.54, 1.807) is 12.1 Å². The lowest BCUT2D eigenvalue weighted by Gasteiger charge is -2.25. The van der Waals surface area contributed by atoms with Gasteiger partial charge in [-0.15, -0.1) is 0 Å². The number of halogens is 2. The van der Waals surface area contributed by atoms with Crippen LogP contribution in [0.3, 0.4) is 0 Å². The minimum absolute atomic E-state index is 0.0808. The van der Waals surface area contributed by atoms with Crippen molar-refractivity contribution in [2.45, 2.75) is 50.6 Å². The number of piperidine rings is 1. The van der Waals surface area contributed by atoms with Crippen molar-refractivity contribution < 1.29 is 14.4 Å². The fourth-order valence-electron chi connectivity index (χ4n) is 4.20. The van der Waals surface area contributed by atoms with E-state index in [0.29, 0.717) is 46.9 Å². The summed E-state index contributed by atoms with van der Waals surface area (Å²) < 4.78 is 0.786. The Labute approximate surface area is 204 Å². The fourth-order valence-corrected chi connectivity index (χ4v) is 5.06. The number of hydrogen-bond donors (Lipinski definition) is 4. The number of fused-ring (bicyclic) bond motifs is 1. The molecule has 1 aromatic heterocycles. The van der Waals surface area contributed by atoms with E-state index in [-0.39, 0.29) is 18.2 Å². The largest absolute Gasteiger partial charge is 0.356 e. The number of nitrogens with one attached hydrogen (secondary N) is 4. The van der Waals surface area contributed by atoms with E-state index >= 15 is 0 Å². The van der Waals surface area contributed by atoms with Crippen molar-refractivity contribution in [2.75, 3.05) is 6.54 Å². The Balaban J connectivity index is 1.44.